The van der Waals surface area contributed by atoms with E-state index in [0.717, 1.165) is 25.7 Å². The van der Waals surface area contributed by atoms with Gasteiger partial charge in [-0.05, 0) is 37.3 Å². The highest BCUT2D eigenvalue weighted by Crippen LogP contribution is 2.34. The summed E-state index contributed by atoms with van der Waals surface area (Å²) in [6, 6.07) is 8.91. The third kappa shape index (κ3) is 2.60. The van der Waals surface area contributed by atoms with Crippen molar-refractivity contribution in [1.29, 1.82) is 0 Å². The van der Waals surface area contributed by atoms with Crippen molar-refractivity contribution >= 4 is 10.9 Å². The monoisotopic (exact) mass is 272 g/mol. The maximum atomic E-state index is 9.89. The standard InChI is InChI=1S/C17H24N2O/c1-2-6-12(20)11-18-16-10-5-8-14-13-7-3-4-9-15(13)19-17(14)16/h3-4,7,9,12,16,18-20H,2,5-6,8,10-11H2,1H3. The molecule has 1 aromatic carbocycles. The summed E-state index contributed by atoms with van der Waals surface area (Å²) < 4.78 is 0. The molecule has 0 bridgehead atoms. The smallest absolute Gasteiger partial charge is 0.0664 e. The average Bonchev–Trinajstić information content (AvgIpc) is 2.84. The number of aryl methyl sites for hydroxylation is 1. The van der Waals surface area contributed by atoms with E-state index in [9.17, 15) is 5.11 Å². The summed E-state index contributed by atoms with van der Waals surface area (Å²) in [7, 11) is 0. The van der Waals surface area contributed by atoms with E-state index in [0.29, 0.717) is 12.6 Å². The van der Waals surface area contributed by atoms with E-state index in [1.807, 2.05) is 0 Å². The lowest BCUT2D eigenvalue weighted by Crippen LogP contribution is -2.32. The van der Waals surface area contributed by atoms with Crippen LogP contribution in [0, 0.1) is 0 Å². The second-order valence-electron chi connectivity index (χ2n) is 5.86. The Labute approximate surface area is 120 Å². The van der Waals surface area contributed by atoms with Gasteiger partial charge in [0.1, 0.15) is 0 Å². The van der Waals surface area contributed by atoms with Gasteiger partial charge in [-0.15, -0.1) is 0 Å². The Hall–Kier alpha value is -1.32. The van der Waals surface area contributed by atoms with Crippen molar-refractivity contribution in [3.63, 3.8) is 0 Å². The molecular formula is C17H24N2O. The van der Waals surface area contributed by atoms with Crippen LogP contribution in [0.1, 0.15) is 49.9 Å². The highest BCUT2D eigenvalue weighted by Gasteiger charge is 2.24. The third-order valence-electron chi connectivity index (χ3n) is 4.34. The molecule has 20 heavy (non-hydrogen) atoms. The van der Waals surface area contributed by atoms with E-state index in [4.69, 9.17) is 0 Å². The van der Waals surface area contributed by atoms with Crippen LogP contribution in [0.5, 0.6) is 0 Å². The molecule has 0 saturated heterocycles. The largest absolute Gasteiger partial charge is 0.392 e. The molecule has 1 aliphatic rings. The fraction of sp³-hybridized carbons (Fsp3) is 0.529. The van der Waals surface area contributed by atoms with Gasteiger partial charge in [0.2, 0.25) is 0 Å². The molecule has 3 heteroatoms. The molecule has 2 atom stereocenters. The Balaban J connectivity index is 1.79. The summed E-state index contributed by atoms with van der Waals surface area (Å²) in [6.45, 7) is 2.80. The van der Waals surface area contributed by atoms with Crippen molar-refractivity contribution < 1.29 is 5.11 Å². The lowest BCUT2D eigenvalue weighted by Gasteiger charge is -2.25. The van der Waals surface area contributed by atoms with E-state index < -0.39 is 0 Å². The second kappa shape index (κ2) is 5.98. The summed E-state index contributed by atoms with van der Waals surface area (Å²) in [6.07, 6.45) is 5.21. The molecule has 2 aromatic rings. The number of benzene rings is 1. The number of para-hydroxylation sites is 1. The molecule has 0 radical (unpaired) electrons. The van der Waals surface area contributed by atoms with Crippen LogP contribution in [0.2, 0.25) is 0 Å². The van der Waals surface area contributed by atoms with Crippen molar-refractivity contribution in [3.8, 4) is 0 Å². The first kappa shape index (κ1) is 13.7. The molecule has 0 amide bonds. The quantitative estimate of drug-likeness (QED) is 0.782. The van der Waals surface area contributed by atoms with Gasteiger partial charge >= 0.3 is 0 Å². The van der Waals surface area contributed by atoms with Gasteiger partial charge < -0.3 is 15.4 Å². The van der Waals surface area contributed by atoms with Crippen LogP contribution >= 0.6 is 0 Å². The SMILES string of the molecule is CCCC(O)CNC1CCCc2c1[nH]c1ccccc21. The molecule has 0 fully saturated rings. The first-order chi connectivity index (χ1) is 9.79. The Bertz CT molecular complexity index is 575. The zero-order chi connectivity index (χ0) is 13.9. The maximum Gasteiger partial charge on any atom is 0.0664 e. The predicted molar refractivity (Wildman–Crippen MR) is 82.9 cm³/mol. The van der Waals surface area contributed by atoms with E-state index in [-0.39, 0.29) is 6.10 Å². The predicted octanol–water partition coefficient (Wildman–Crippen LogP) is 3.30. The number of nitrogens with one attached hydrogen (secondary N) is 2. The minimum Gasteiger partial charge on any atom is -0.392 e. The van der Waals surface area contributed by atoms with Gasteiger partial charge in [0.15, 0.2) is 0 Å². The molecule has 3 rings (SSSR count). The zero-order valence-corrected chi connectivity index (χ0v) is 12.2. The van der Waals surface area contributed by atoms with Gasteiger partial charge in [-0.25, -0.2) is 0 Å². The van der Waals surface area contributed by atoms with Crippen LogP contribution in [0.3, 0.4) is 0 Å². The van der Waals surface area contributed by atoms with Crippen molar-refractivity contribution in [1.82, 2.24) is 10.3 Å². The summed E-state index contributed by atoms with van der Waals surface area (Å²) in [4.78, 5) is 3.58. The first-order valence-corrected chi connectivity index (χ1v) is 7.80. The highest BCUT2D eigenvalue weighted by atomic mass is 16.3. The Kier molecular flexibility index (Phi) is 4.08. The third-order valence-corrected chi connectivity index (χ3v) is 4.34. The Morgan fingerprint density at radius 1 is 1.40 bits per heavy atom. The molecule has 3 N–H and O–H groups in total. The van der Waals surface area contributed by atoms with E-state index in [1.165, 1.54) is 28.6 Å². The Morgan fingerprint density at radius 3 is 3.10 bits per heavy atom. The van der Waals surface area contributed by atoms with Gasteiger partial charge in [-0.1, -0.05) is 31.5 Å². The molecule has 0 aliphatic heterocycles. The molecule has 108 valence electrons. The Morgan fingerprint density at radius 2 is 2.25 bits per heavy atom. The number of aliphatic hydroxyl groups excluding tert-OH is 1. The second-order valence-corrected chi connectivity index (χ2v) is 5.86. The molecule has 2 unspecified atom stereocenters. The van der Waals surface area contributed by atoms with Crippen LogP contribution in [-0.4, -0.2) is 22.7 Å². The van der Waals surface area contributed by atoms with Gasteiger partial charge in [-0.3, -0.25) is 0 Å². The fourth-order valence-electron chi connectivity index (χ4n) is 3.33. The number of rotatable bonds is 5. The summed E-state index contributed by atoms with van der Waals surface area (Å²) >= 11 is 0. The highest BCUT2D eigenvalue weighted by molar-refractivity contribution is 5.85. The summed E-state index contributed by atoms with van der Waals surface area (Å²) in [5.41, 5.74) is 4.04. The number of H-pyrrole nitrogens is 1. The van der Waals surface area contributed by atoms with Gasteiger partial charge in [-0.2, -0.15) is 0 Å². The first-order valence-electron chi connectivity index (χ1n) is 7.80. The summed E-state index contributed by atoms with van der Waals surface area (Å²) in [5.74, 6) is 0. The minimum atomic E-state index is -0.227. The normalized spacial score (nSPS) is 20.0. The van der Waals surface area contributed by atoms with Gasteiger partial charge in [0, 0.05) is 29.2 Å². The molecular weight excluding hydrogens is 248 g/mol. The van der Waals surface area contributed by atoms with E-state index in [2.05, 4.69) is 41.5 Å². The van der Waals surface area contributed by atoms with Crippen molar-refractivity contribution in [2.24, 2.45) is 0 Å². The number of aliphatic hydroxyl groups is 1. The van der Waals surface area contributed by atoms with Crippen LogP contribution < -0.4 is 5.32 Å². The van der Waals surface area contributed by atoms with Crippen molar-refractivity contribution in [3.05, 3.63) is 35.5 Å². The van der Waals surface area contributed by atoms with Crippen molar-refractivity contribution in [2.75, 3.05) is 6.54 Å². The molecule has 3 nitrogen and oxygen atoms in total. The van der Waals surface area contributed by atoms with Crippen LogP contribution in [0.15, 0.2) is 24.3 Å². The lowest BCUT2D eigenvalue weighted by atomic mass is 9.91. The average molecular weight is 272 g/mol. The van der Waals surface area contributed by atoms with Gasteiger partial charge in [0.25, 0.3) is 0 Å². The fourth-order valence-corrected chi connectivity index (χ4v) is 3.33. The van der Waals surface area contributed by atoms with E-state index in [1.54, 1.807) is 0 Å². The molecule has 0 spiro atoms. The number of aromatic amines is 1. The minimum absolute atomic E-state index is 0.227. The molecule has 1 aromatic heterocycles. The van der Waals surface area contributed by atoms with E-state index >= 15 is 0 Å². The van der Waals surface area contributed by atoms with Crippen LogP contribution in [-0.2, 0) is 6.42 Å². The van der Waals surface area contributed by atoms with Gasteiger partial charge in [0.05, 0.1) is 6.10 Å². The van der Waals surface area contributed by atoms with Crippen molar-refractivity contribution in [2.45, 2.75) is 51.2 Å². The van der Waals surface area contributed by atoms with Crippen LogP contribution in [0.25, 0.3) is 10.9 Å². The number of aromatic nitrogens is 1. The molecule has 1 heterocycles. The topological polar surface area (TPSA) is 48.0 Å². The lowest BCUT2D eigenvalue weighted by molar-refractivity contribution is 0.154. The maximum absolute atomic E-state index is 9.89. The number of fused-ring (bicyclic) bond motifs is 3. The molecule has 1 aliphatic carbocycles. The number of hydrogen-bond donors (Lipinski definition) is 3. The zero-order valence-electron chi connectivity index (χ0n) is 12.2. The number of hydrogen-bond acceptors (Lipinski definition) is 2. The van der Waals surface area contributed by atoms with Crippen LogP contribution in [0.4, 0.5) is 0 Å². The summed E-state index contributed by atoms with van der Waals surface area (Å²) in [5, 5.41) is 14.8. The molecule has 0 saturated carbocycles.